The van der Waals surface area contributed by atoms with Gasteiger partial charge in [-0.15, -0.1) is 13.2 Å². The van der Waals surface area contributed by atoms with Crippen molar-refractivity contribution < 1.29 is 31.1 Å². The van der Waals surface area contributed by atoms with Crippen molar-refractivity contribution in [3.8, 4) is 5.75 Å². The van der Waals surface area contributed by atoms with Crippen LogP contribution < -0.4 is 4.74 Å². The van der Waals surface area contributed by atoms with Crippen LogP contribution in [-0.4, -0.2) is 62.9 Å². The zero-order valence-corrected chi connectivity index (χ0v) is 17.7. The second-order valence-corrected chi connectivity index (χ2v) is 9.67. The lowest BCUT2D eigenvalue weighted by Gasteiger charge is -2.35. The molecule has 0 unspecified atom stereocenters. The molecule has 0 spiro atoms. The van der Waals surface area contributed by atoms with E-state index < -0.39 is 16.2 Å². The van der Waals surface area contributed by atoms with Crippen LogP contribution in [0.15, 0.2) is 48.5 Å². The molecular formula is C21H23F3N2O4S. The number of carbonyl (C=O) groups excluding carboxylic acids is 1. The maximum Gasteiger partial charge on any atom is 0.573 e. The largest absolute Gasteiger partial charge is 0.573 e. The van der Waals surface area contributed by atoms with Crippen LogP contribution in [0, 0.1) is 0 Å². The molecule has 0 radical (unpaired) electrons. The van der Waals surface area contributed by atoms with Crippen LogP contribution in [0.25, 0.3) is 0 Å². The highest BCUT2D eigenvalue weighted by Gasteiger charge is 2.31. The minimum atomic E-state index is -4.71. The van der Waals surface area contributed by atoms with E-state index in [4.69, 9.17) is 0 Å². The molecule has 1 aliphatic rings. The van der Waals surface area contributed by atoms with E-state index >= 15 is 0 Å². The molecule has 2 aromatic rings. The molecule has 1 fully saturated rings. The molecule has 10 heteroatoms. The Labute approximate surface area is 179 Å². The van der Waals surface area contributed by atoms with Gasteiger partial charge in [-0.1, -0.05) is 24.3 Å². The third kappa shape index (κ3) is 7.25. The van der Waals surface area contributed by atoms with Gasteiger partial charge < -0.3 is 9.64 Å². The zero-order chi connectivity index (χ0) is 22.6. The van der Waals surface area contributed by atoms with E-state index in [1.54, 1.807) is 41.3 Å². The SMILES string of the molecule is CS(=O)(=O)Cc1cccc(C(=O)N2CCN(Cc3ccc(OC(F)(F)F)cc3)CC2)c1. The molecule has 1 aliphatic heterocycles. The van der Waals surface area contributed by atoms with Crippen molar-refractivity contribution in [2.45, 2.75) is 18.7 Å². The molecule has 1 heterocycles. The quantitative estimate of drug-likeness (QED) is 0.669. The van der Waals surface area contributed by atoms with E-state index in [2.05, 4.69) is 9.64 Å². The lowest BCUT2D eigenvalue weighted by molar-refractivity contribution is -0.274. The molecule has 0 atom stereocenters. The van der Waals surface area contributed by atoms with Gasteiger partial charge in [0.15, 0.2) is 9.84 Å². The second-order valence-electron chi connectivity index (χ2n) is 7.53. The van der Waals surface area contributed by atoms with Gasteiger partial charge in [-0.25, -0.2) is 8.42 Å². The fourth-order valence-electron chi connectivity index (χ4n) is 3.44. The number of nitrogens with zero attached hydrogens (tertiary/aromatic N) is 2. The van der Waals surface area contributed by atoms with Crippen LogP contribution in [0.5, 0.6) is 5.75 Å². The molecule has 0 N–H and O–H groups in total. The van der Waals surface area contributed by atoms with Gasteiger partial charge in [-0.05, 0) is 35.4 Å². The Hall–Kier alpha value is -2.59. The normalized spacial score (nSPS) is 15.7. The lowest BCUT2D eigenvalue weighted by atomic mass is 10.1. The summed E-state index contributed by atoms with van der Waals surface area (Å²) in [6, 6.07) is 12.4. The molecule has 1 saturated heterocycles. The highest BCUT2D eigenvalue weighted by atomic mass is 32.2. The van der Waals surface area contributed by atoms with Gasteiger partial charge in [0.1, 0.15) is 5.75 Å². The summed E-state index contributed by atoms with van der Waals surface area (Å²) in [7, 11) is -3.19. The number of hydrogen-bond acceptors (Lipinski definition) is 5. The Morgan fingerprint density at radius 1 is 1.00 bits per heavy atom. The molecule has 168 valence electrons. The summed E-state index contributed by atoms with van der Waals surface area (Å²) < 4.78 is 63.6. The summed E-state index contributed by atoms with van der Waals surface area (Å²) in [4.78, 5) is 16.6. The number of ether oxygens (including phenoxy) is 1. The number of amides is 1. The summed E-state index contributed by atoms with van der Waals surface area (Å²) in [5, 5.41) is 0. The summed E-state index contributed by atoms with van der Waals surface area (Å²) >= 11 is 0. The lowest BCUT2D eigenvalue weighted by Crippen LogP contribution is -2.48. The number of sulfone groups is 1. The predicted molar refractivity (Wildman–Crippen MR) is 109 cm³/mol. The summed E-state index contributed by atoms with van der Waals surface area (Å²) in [6.07, 6.45) is -3.56. The third-order valence-corrected chi connectivity index (χ3v) is 5.68. The minimum absolute atomic E-state index is 0.116. The van der Waals surface area contributed by atoms with Crippen molar-refractivity contribution in [2.24, 2.45) is 0 Å². The molecule has 1 amide bonds. The Balaban J connectivity index is 1.53. The number of piperazine rings is 1. The van der Waals surface area contributed by atoms with Gasteiger partial charge in [0.2, 0.25) is 0 Å². The zero-order valence-electron chi connectivity index (χ0n) is 16.9. The fraction of sp³-hybridized carbons (Fsp3) is 0.381. The average molecular weight is 456 g/mol. The third-order valence-electron chi connectivity index (χ3n) is 4.83. The standard InChI is InChI=1S/C21H23F3N2O4S/c1-31(28,29)15-17-3-2-4-18(13-17)20(27)26-11-9-25(10-12-26)14-16-5-7-19(8-6-16)30-21(22,23)24/h2-8,13H,9-12,14-15H2,1H3. The molecule has 2 aromatic carbocycles. The van der Waals surface area contributed by atoms with Gasteiger partial charge in [0.25, 0.3) is 5.91 Å². The molecule has 31 heavy (non-hydrogen) atoms. The molecule has 0 aliphatic carbocycles. The van der Waals surface area contributed by atoms with Crippen molar-refractivity contribution in [1.82, 2.24) is 9.80 Å². The summed E-state index contributed by atoms with van der Waals surface area (Å²) in [6.45, 7) is 2.80. The van der Waals surface area contributed by atoms with Crippen LogP contribution in [0.2, 0.25) is 0 Å². The number of halogens is 3. The number of carbonyl (C=O) groups is 1. The summed E-state index contributed by atoms with van der Waals surface area (Å²) in [5.41, 5.74) is 1.88. The molecule has 0 saturated carbocycles. The Kier molecular flexibility index (Phi) is 6.90. The predicted octanol–water partition coefficient (Wildman–Crippen LogP) is 3.09. The monoisotopic (exact) mass is 456 g/mol. The minimum Gasteiger partial charge on any atom is -0.406 e. The van der Waals surface area contributed by atoms with E-state index in [0.717, 1.165) is 11.8 Å². The Morgan fingerprint density at radius 2 is 1.65 bits per heavy atom. The van der Waals surface area contributed by atoms with Gasteiger partial charge in [0.05, 0.1) is 5.75 Å². The van der Waals surface area contributed by atoms with E-state index in [1.165, 1.54) is 12.1 Å². The van der Waals surface area contributed by atoms with E-state index in [-0.39, 0.29) is 17.4 Å². The van der Waals surface area contributed by atoms with Gasteiger partial charge in [-0.3, -0.25) is 9.69 Å². The average Bonchev–Trinajstić information content (AvgIpc) is 2.67. The highest BCUT2D eigenvalue weighted by molar-refractivity contribution is 7.89. The number of benzene rings is 2. The first kappa shape index (κ1) is 23.1. The number of alkyl halides is 3. The topological polar surface area (TPSA) is 66.9 Å². The molecule has 0 aromatic heterocycles. The maximum atomic E-state index is 12.8. The van der Waals surface area contributed by atoms with Crippen molar-refractivity contribution in [1.29, 1.82) is 0 Å². The first-order chi connectivity index (χ1) is 14.5. The molecule has 0 bridgehead atoms. The number of rotatable bonds is 6. The van der Waals surface area contributed by atoms with Crippen LogP contribution in [-0.2, 0) is 22.1 Å². The first-order valence-corrected chi connectivity index (χ1v) is 11.7. The smallest absolute Gasteiger partial charge is 0.406 e. The van der Waals surface area contributed by atoms with Gasteiger partial charge in [0, 0.05) is 44.5 Å². The van der Waals surface area contributed by atoms with E-state index in [1.807, 2.05) is 0 Å². The second kappa shape index (κ2) is 9.27. The fourth-order valence-corrected chi connectivity index (χ4v) is 4.23. The van der Waals surface area contributed by atoms with Crippen LogP contribution in [0.1, 0.15) is 21.5 Å². The van der Waals surface area contributed by atoms with Gasteiger partial charge in [-0.2, -0.15) is 0 Å². The summed E-state index contributed by atoms with van der Waals surface area (Å²) in [5.74, 6) is -0.525. The number of hydrogen-bond donors (Lipinski definition) is 0. The van der Waals surface area contributed by atoms with Crippen molar-refractivity contribution in [3.05, 3.63) is 65.2 Å². The van der Waals surface area contributed by atoms with Gasteiger partial charge >= 0.3 is 6.36 Å². The molecule has 6 nitrogen and oxygen atoms in total. The maximum absolute atomic E-state index is 12.8. The Morgan fingerprint density at radius 3 is 2.23 bits per heavy atom. The van der Waals surface area contributed by atoms with Crippen molar-refractivity contribution in [2.75, 3.05) is 32.4 Å². The van der Waals surface area contributed by atoms with Crippen LogP contribution in [0.3, 0.4) is 0 Å². The highest BCUT2D eigenvalue weighted by Crippen LogP contribution is 2.23. The molecular weight excluding hydrogens is 433 g/mol. The van der Waals surface area contributed by atoms with E-state index in [9.17, 15) is 26.4 Å². The van der Waals surface area contributed by atoms with Crippen LogP contribution in [0.4, 0.5) is 13.2 Å². The van der Waals surface area contributed by atoms with Crippen molar-refractivity contribution >= 4 is 15.7 Å². The van der Waals surface area contributed by atoms with E-state index in [0.29, 0.717) is 43.9 Å². The first-order valence-electron chi connectivity index (χ1n) is 9.61. The van der Waals surface area contributed by atoms with Crippen LogP contribution >= 0.6 is 0 Å². The Bertz CT molecular complexity index is 1020. The molecule has 3 rings (SSSR count). The van der Waals surface area contributed by atoms with Crippen molar-refractivity contribution in [3.63, 3.8) is 0 Å².